The van der Waals surface area contributed by atoms with Crippen LogP contribution in [0.2, 0.25) is 5.02 Å². The summed E-state index contributed by atoms with van der Waals surface area (Å²) in [7, 11) is -2.64. The lowest BCUT2D eigenvalue weighted by atomic mass is 10.1. The van der Waals surface area contributed by atoms with Crippen LogP contribution in [0, 0.1) is 0 Å². The molecular formula is C27H28ClN3O5S. The van der Waals surface area contributed by atoms with Crippen LogP contribution in [-0.4, -0.2) is 51.9 Å². The van der Waals surface area contributed by atoms with E-state index in [2.05, 4.69) is 5.32 Å². The minimum absolute atomic E-state index is 0.00303. The largest absolute Gasteiger partial charge is 0.497 e. The zero-order valence-corrected chi connectivity index (χ0v) is 22.0. The number of halogens is 1. The van der Waals surface area contributed by atoms with E-state index in [4.69, 9.17) is 16.3 Å². The number of carbonyl (C=O) groups is 2. The molecule has 8 nitrogen and oxygen atoms in total. The molecule has 3 aromatic carbocycles. The predicted molar refractivity (Wildman–Crippen MR) is 144 cm³/mol. The first-order valence-corrected chi connectivity index (χ1v) is 13.7. The second-order valence-electron chi connectivity index (χ2n) is 8.61. The van der Waals surface area contributed by atoms with Crippen molar-refractivity contribution in [2.75, 3.05) is 36.4 Å². The Morgan fingerprint density at radius 2 is 1.59 bits per heavy atom. The van der Waals surface area contributed by atoms with Crippen molar-refractivity contribution < 1.29 is 22.7 Å². The van der Waals surface area contributed by atoms with Gasteiger partial charge in [-0.05, 0) is 79.9 Å². The quantitative estimate of drug-likeness (QED) is 0.441. The Morgan fingerprint density at radius 1 is 0.946 bits per heavy atom. The number of methoxy groups -OCH3 is 1. The molecule has 0 aromatic heterocycles. The van der Waals surface area contributed by atoms with Gasteiger partial charge in [0.05, 0.1) is 28.9 Å². The molecule has 1 heterocycles. The first kappa shape index (κ1) is 26.5. The summed E-state index contributed by atoms with van der Waals surface area (Å²) in [6, 6.07) is 18.8. The van der Waals surface area contributed by atoms with Gasteiger partial charge in [-0.3, -0.25) is 13.9 Å². The summed E-state index contributed by atoms with van der Waals surface area (Å²) < 4.78 is 33.3. The minimum atomic E-state index is -4.12. The molecule has 1 aliphatic rings. The number of anilines is 2. The highest BCUT2D eigenvalue weighted by atomic mass is 35.5. The van der Waals surface area contributed by atoms with Gasteiger partial charge in [-0.25, -0.2) is 8.42 Å². The van der Waals surface area contributed by atoms with E-state index < -0.39 is 22.5 Å². The number of nitrogens with zero attached hydrogens (tertiary/aromatic N) is 2. The zero-order valence-electron chi connectivity index (χ0n) is 20.4. The summed E-state index contributed by atoms with van der Waals surface area (Å²) in [6.45, 7) is 0.833. The van der Waals surface area contributed by atoms with Crippen molar-refractivity contribution in [2.24, 2.45) is 0 Å². The molecular weight excluding hydrogens is 514 g/mol. The van der Waals surface area contributed by atoms with Crippen molar-refractivity contribution in [1.29, 1.82) is 0 Å². The summed E-state index contributed by atoms with van der Waals surface area (Å²) in [5.74, 6) is -0.244. The van der Waals surface area contributed by atoms with Crippen LogP contribution in [0.15, 0.2) is 77.7 Å². The smallest absolute Gasteiger partial charge is 0.264 e. The first-order chi connectivity index (χ1) is 17.8. The number of nitrogens with one attached hydrogen (secondary N) is 1. The molecule has 1 aliphatic heterocycles. The SMILES string of the molecule is COc1ccc(S(=O)(=O)N(CC(=O)Nc2ccccc2C(=O)N2CCCCC2)c2ccc(Cl)cc2)cc1. The van der Waals surface area contributed by atoms with E-state index in [0.717, 1.165) is 23.6 Å². The maximum atomic E-state index is 13.6. The Kier molecular flexibility index (Phi) is 8.35. The molecule has 3 aromatic rings. The highest BCUT2D eigenvalue weighted by Gasteiger charge is 2.28. The third kappa shape index (κ3) is 6.23. The van der Waals surface area contributed by atoms with Crippen LogP contribution in [0.5, 0.6) is 5.75 Å². The topological polar surface area (TPSA) is 96.0 Å². The number of hydrogen-bond donors (Lipinski definition) is 1. The maximum absolute atomic E-state index is 13.6. The molecule has 1 fully saturated rings. The van der Waals surface area contributed by atoms with Gasteiger partial charge in [-0.1, -0.05) is 23.7 Å². The minimum Gasteiger partial charge on any atom is -0.497 e. The fourth-order valence-corrected chi connectivity index (χ4v) is 5.71. The standard InChI is InChI=1S/C27H28ClN3O5S/c1-36-22-13-15-23(16-14-22)37(34,35)31(21-11-9-20(28)10-12-21)19-26(32)29-25-8-4-3-7-24(25)27(33)30-17-5-2-6-18-30/h3-4,7-16H,2,5-6,17-19H2,1H3,(H,29,32). The van der Waals surface area contributed by atoms with Crippen LogP contribution in [0.25, 0.3) is 0 Å². The lowest BCUT2D eigenvalue weighted by Crippen LogP contribution is -2.39. The molecule has 0 saturated carbocycles. The number of carbonyl (C=O) groups excluding carboxylic acids is 2. The van der Waals surface area contributed by atoms with Crippen molar-refractivity contribution in [3.63, 3.8) is 0 Å². The van der Waals surface area contributed by atoms with Gasteiger partial charge in [0.1, 0.15) is 12.3 Å². The maximum Gasteiger partial charge on any atom is 0.264 e. The van der Waals surface area contributed by atoms with Crippen molar-refractivity contribution in [3.8, 4) is 5.75 Å². The second kappa shape index (κ2) is 11.7. The van der Waals surface area contributed by atoms with Gasteiger partial charge in [-0.15, -0.1) is 0 Å². The summed E-state index contributed by atoms with van der Waals surface area (Å²) in [5.41, 5.74) is 0.975. The van der Waals surface area contributed by atoms with Gasteiger partial charge in [0.2, 0.25) is 5.91 Å². The number of piperidine rings is 1. The highest BCUT2D eigenvalue weighted by Crippen LogP contribution is 2.27. The molecule has 10 heteroatoms. The Morgan fingerprint density at radius 3 is 2.24 bits per heavy atom. The van der Waals surface area contributed by atoms with Gasteiger partial charge >= 0.3 is 0 Å². The van der Waals surface area contributed by atoms with Crippen molar-refractivity contribution in [1.82, 2.24) is 4.90 Å². The fraction of sp³-hybridized carbons (Fsp3) is 0.259. The van der Waals surface area contributed by atoms with Crippen molar-refractivity contribution in [3.05, 3.63) is 83.4 Å². The van der Waals surface area contributed by atoms with Crippen LogP contribution in [0.1, 0.15) is 29.6 Å². The van der Waals surface area contributed by atoms with E-state index in [-0.39, 0.29) is 16.5 Å². The van der Waals surface area contributed by atoms with E-state index in [1.54, 1.807) is 41.3 Å². The number of likely N-dealkylation sites (tertiary alicyclic amines) is 1. The Labute approximate surface area is 221 Å². The van der Waals surface area contributed by atoms with Gasteiger partial charge in [-0.2, -0.15) is 0 Å². The third-order valence-corrected chi connectivity index (χ3v) is 8.16. The normalized spacial score (nSPS) is 13.6. The zero-order chi connectivity index (χ0) is 26.4. The number of sulfonamides is 1. The number of amides is 2. The summed E-state index contributed by atoms with van der Waals surface area (Å²) in [5, 5.41) is 3.18. The lowest BCUT2D eigenvalue weighted by molar-refractivity contribution is -0.114. The molecule has 0 spiro atoms. The molecule has 2 amide bonds. The van der Waals surface area contributed by atoms with Gasteiger partial charge < -0.3 is 15.0 Å². The fourth-order valence-electron chi connectivity index (χ4n) is 4.16. The van der Waals surface area contributed by atoms with Crippen LogP contribution in [0.3, 0.4) is 0 Å². The monoisotopic (exact) mass is 541 g/mol. The van der Waals surface area contributed by atoms with Crippen LogP contribution in [-0.2, 0) is 14.8 Å². The molecule has 0 radical (unpaired) electrons. The van der Waals surface area contributed by atoms with Crippen molar-refractivity contribution >= 4 is 44.8 Å². The van der Waals surface area contributed by atoms with Crippen molar-refractivity contribution in [2.45, 2.75) is 24.2 Å². The van der Waals surface area contributed by atoms with E-state index in [9.17, 15) is 18.0 Å². The summed E-state index contributed by atoms with van der Waals surface area (Å²) >= 11 is 6.01. The van der Waals surface area contributed by atoms with E-state index >= 15 is 0 Å². The summed E-state index contributed by atoms with van der Waals surface area (Å²) in [6.07, 6.45) is 2.98. The third-order valence-electron chi connectivity index (χ3n) is 6.12. The number of para-hydroxylation sites is 1. The van der Waals surface area contributed by atoms with Gasteiger partial charge in [0.25, 0.3) is 15.9 Å². The average molecular weight is 542 g/mol. The summed E-state index contributed by atoms with van der Waals surface area (Å²) in [4.78, 5) is 28.1. The van der Waals surface area contributed by atoms with E-state index in [1.165, 1.54) is 43.5 Å². The lowest BCUT2D eigenvalue weighted by Gasteiger charge is -2.28. The number of rotatable bonds is 8. The molecule has 1 N–H and O–H groups in total. The molecule has 37 heavy (non-hydrogen) atoms. The molecule has 194 valence electrons. The Bertz CT molecular complexity index is 1360. The number of benzene rings is 3. The van der Waals surface area contributed by atoms with E-state index in [0.29, 0.717) is 35.1 Å². The Balaban J connectivity index is 1.61. The van der Waals surface area contributed by atoms with Gasteiger partial charge in [0, 0.05) is 18.1 Å². The molecule has 1 saturated heterocycles. The van der Waals surface area contributed by atoms with E-state index in [1.807, 2.05) is 0 Å². The molecule has 4 rings (SSSR count). The van der Waals surface area contributed by atoms with Gasteiger partial charge in [0.15, 0.2) is 0 Å². The molecule has 0 unspecified atom stereocenters. The second-order valence-corrected chi connectivity index (χ2v) is 10.9. The molecule has 0 atom stereocenters. The van der Waals surface area contributed by atoms with Crippen LogP contribution < -0.4 is 14.4 Å². The van der Waals surface area contributed by atoms with Crippen LogP contribution in [0.4, 0.5) is 11.4 Å². The Hall–Kier alpha value is -3.56. The average Bonchev–Trinajstić information content (AvgIpc) is 2.92. The number of hydrogen-bond acceptors (Lipinski definition) is 5. The predicted octanol–water partition coefficient (Wildman–Crippen LogP) is 4.81. The van der Waals surface area contributed by atoms with Crippen LogP contribution >= 0.6 is 11.6 Å². The number of ether oxygens (including phenoxy) is 1. The molecule has 0 bridgehead atoms. The molecule has 0 aliphatic carbocycles. The first-order valence-electron chi connectivity index (χ1n) is 11.9. The highest BCUT2D eigenvalue weighted by molar-refractivity contribution is 7.92.